The zero-order chi connectivity index (χ0) is 14.8. The van der Waals surface area contributed by atoms with Gasteiger partial charge in [-0.3, -0.25) is 0 Å². The lowest BCUT2D eigenvalue weighted by atomic mass is 10.0. The van der Waals surface area contributed by atoms with Crippen molar-refractivity contribution in [2.45, 2.75) is 52.9 Å². The molecule has 0 aliphatic rings. The van der Waals surface area contributed by atoms with Gasteiger partial charge in [0, 0.05) is 13.1 Å². The molecule has 0 saturated carbocycles. The molecule has 0 bridgehead atoms. The van der Waals surface area contributed by atoms with Crippen LogP contribution in [0.15, 0.2) is 10.8 Å². The first kappa shape index (κ1) is 17.2. The molecule has 0 fully saturated rings. The summed E-state index contributed by atoms with van der Waals surface area (Å²) in [6, 6.07) is 0. The van der Waals surface area contributed by atoms with E-state index in [1.807, 2.05) is 0 Å². The second-order valence-electron chi connectivity index (χ2n) is 5.44. The summed E-state index contributed by atoms with van der Waals surface area (Å²) in [6.45, 7) is 8.44. The zero-order valence-corrected chi connectivity index (χ0v) is 14.5. The first-order chi connectivity index (χ1) is 9.65. The molecule has 0 saturated heterocycles. The molecule has 2 N–H and O–H groups in total. The van der Waals surface area contributed by atoms with Crippen LogP contribution in [0.3, 0.4) is 0 Å². The molecule has 0 aliphatic heterocycles. The molecule has 1 aromatic heterocycles. The number of hydrogen-bond donors (Lipinski definition) is 2. The van der Waals surface area contributed by atoms with Crippen molar-refractivity contribution in [1.29, 1.82) is 0 Å². The van der Waals surface area contributed by atoms with Crippen LogP contribution in [0, 0.1) is 5.92 Å². The van der Waals surface area contributed by atoms with Crippen LogP contribution in [-0.2, 0) is 0 Å². The van der Waals surface area contributed by atoms with Crippen molar-refractivity contribution in [3.05, 3.63) is 10.8 Å². The number of nitrogens with zero attached hydrogens (tertiary/aromatic N) is 2. The lowest BCUT2D eigenvalue weighted by molar-refractivity contribution is 0.523. The summed E-state index contributed by atoms with van der Waals surface area (Å²) in [4.78, 5) is 8.47. The number of halogens is 1. The summed E-state index contributed by atoms with van der Waals surface area (Å²) in [6.07, 6.45) is 8.07. The monoisotopic (exact) mass is 342 g/mol. The van der Waals surface area contributed by atoms with E-state index < -0.39 is 0 Å². The largest absolute Gasteiger partial charge is 0.369 e. The predicted octanol–water partition coefficient (Wildman–Crippen LogP) is 4.69. The van der Waals surface area contributed by atoms with Crippen molar-refractivity contribution >= 4 is 27.6 Å². The zero-order valence-electron chi connectivity index (χ0n) is 12.9. The Hall–Kier alpha value is -0.840. The molecule has 20 heavy (non-hydrogen) atoms. The molecule has 1 aromatic rings. The van der Waals surface area contributed by atoms with Gasteiger partial charge in [0.05, 0.1) is 0 Å². The fourth-order valence-corrected chi connectivity index (χ4v) is 2.51. The summed E-state index contributed by atoms with van der Waals surface area (Å²) in [7, 11) is 0. The van der Waals surface area contributed by atoms with E-state index in [4.69, 9.17) is 0 Å². The summed E-state index contributed by atoms with van der Waals surface area (Å²) in [5.41, 5.74) is 0. The van der Waals surface area contributed by atoms with Gasteiger partial charge in [-0.25, -0.2) is 9.97 Å². The molecule has 1 heterocycles. The lowest BCUT2D eigenvalue weighted by Crippen LogP contribution is -2.07. The molecule has 4 nitrogen and oxygen atoms in total. The summed E-state index contributed by atoms with van der Waals surface area (Å²) in [5, 5.41) is 6.58. The Morgan fingerprint density at radius 2 is 1.70 bits per heavy atom. The highest BCUT2D eigenvalue weighted by Gasteiger charge is 2.06. The van der Waals surface area contributed by atoms with Crippen LogP contribution in [-0.4, -0.2) is 23.1 Å². The van der Waals surface area contributed by atoms with Crippen molar-refractivity contribution in [2.24, 2.45) is 5.92 Å². The normalized spacial score (nSPS) is 10.8. The molecular weight excluding hydrogens is 316 g/mol. The average Bonchev–Trinajstić information content (AvgIpc) is 2.41. The van der Waals surface area contributed by atoms with E-state index in [1.165, 1.54) is 32.1 Å². The smallest absolute Gasteiger partial charge is 0.145 e. The van der Waals surface area contributed by atoms with Crippen LogP contribution in [0.25, 0.3) is 0 Å². The molecule has 0 aromatic carbocycles. The van der Waals surface area contributed by atoms with E-state index in [9.17, 15) is 0 Å². The topological polar surface area (TPSA) is 49.8 Å². The van der Waals surface area contributed by atoms with E-state index in [0.29, 0.717) is 0 Å². The van der Waals surface area contributed by atoms with Crippen molar-refractivity contribution in [2.75, 3.05) is 23.7 Å². The second-order valence-corrected chi connectivity index (χ2v) is 6.23. The molecule has 114 valence electrons. The number of aromatic nitrogens is 2. The van der Waals surface area contributed by atoms with Crippen LogP contribution in [0.2, 0.25) is 0 Å². The van der Waals surface area contributed by atoms with Gasteiger partial charge in [0.2, 0.25) is 0 Å². The standard InChI is InChI=1S/C15H27BrN4/c1-4-17-14-13(16)15(20-11-19-14)18-10-8-6-5-7-9-12(2)3/h11-12H,4-10H2,1-3H3,(H2,17,18,19,20). The third-order valence-corrected chi connectivity index (χ3v) is 3.89. The summed E-state index contributed by atoms with van der Waals surface area (Å²) in [5.74, 6) is 2.55. The van der Waals surface area contributed by atoms with Crippen molar-refractivity contribution < 1.29 is 0 Å². The third kappa shape index (κ3) is 6.55. The van der Waals surface area contributed by atoms with Gasteiger partial charge in [0.1, 0.15) is 22.4 Å². The van der Waals surface area contributed by atoms with Gasteiger partial charge < -0.3 is 10.6 Å². The fraction of sp³-hybridized carbons (Fsp3) is 0.733. The quantitative estimate of drug-likeness (QED) is 0.605. The van der Waals surface area contributed by atoms with E-state index in [0.717, 1.165) is 35.1 Å². The first-order valence-electron chi connectivity index (χ1n) is 7.63. The number of unbranched alkanes of at least 4 members (excludes halogenated alkanes) is 3. The maximum Gasteiger partial charge on any atom is 0.145 e. The van der Waals surface area contributed by atoms with Gasteiger partial charge in [-0.05, 0) is 35.2 Å². The van der Waals surface area contributed by atoms with Gasteiger partial charge in [-0.2, -0.15) is 0 Å². The van der Waals surface area contributed by atoms with Crippen molar-refractivity contribution in [1.82, 2.24) is 9.97 Å². The highest BCUT2D eigenvalue weighted by atomic mass is 79.9. The van der Waals surface area contributed by atoms with E-state index in [2.05, 4.69) is 57.3 Å². The Balaban J connectivity index is 2.23. The number of hydrogen-bond acceptors (Lipinski definition) is 4. The Morgan fingerprint density at radius 1 is 1.05 bits per heavy atom. The highest BCUT2D eigenvalue weighted by Crippen LogP contribution is 2.26. The summed E-state index contributed by atoms with van der Waals surface area (Å²) < 4.78 is 0.918. The van der Waals surface area contributed by atoms with Crippen LogP contribution in [0.4, 0.5) is 11.6 Å². The predicted molar refractivity (Wildman–Crippen MR) is 90.3 cm³/mol. The van der Waals surface area contributed by atoms with Gasteiger partial charge in [0.25, 0.3) is 0 Å². The second kappa shape index (κ2) is 9.97. The number of anilines is 2. The maximum absolute atomic E-state index is 4.27. The minimum Gasteiger partial charge on any atom is -0.369 e. The SMILES string of the molecule is CCNc1ncnc(NCCCCCCC(C)C)c1Br. The van der Waals surface area contributed by atoms with Crippen LogP contribution in [0.1, 0.15) is 52.9 Å². The minimum absolute atomic E-state index is 0.828. The molecule has 0 unspecified atom stereocenters. The third-order valence-electron chi connectivity index (χ3n) is 3.13. The van der Waals surface area contributed by atoms with Crippen LogP contribution < -0.4 is 10.6 Å². The Kier molecular flexibility index (Phi) is 8.58. The molecule has 0 aliphatic carbocycles. The Bertz CT molecular complexity index is 382. The molecule has 0 spiro atoms. The fourth-order valence-electron chi connectivity index (χ4n) is 2.02. The molecule has 0 amide bonds. The molecule has 1 rings (SSSR count). The van der Waals surface area contributed by atoms with Crippen molar-refractivity contribution in [3.63, 3.8) is 0 Å². The van der Waals surface area contributed by atoms with Crippen LogP contribution in [0.5, 0.6) is 0 Å². The number of nitrogens with one attached hydrogen (secondary N) is 2. The Morgan fingerprint density at radius 3 is 2.35 bits per heavy atom. The summed E-state index contributed by atoms with van der Waals surface area (Å²) >= 11 is 3.54. The van der Waals surface area contributed by atoms with Gasteiger partial charge in [0.15, 0.2) is 0 Å². The average molecular weight is 343 g/mol. The van der Waals surface area contributed by atoms with Gasteiger partial charge in [-0.1, -0.05) is 39.5 Å². The molecule has 0 radical (unpaired) electrons. The minimum atomic E-state index is 0.828. The Labute approximate surface area is 131 Å². The van der Waals surface area contributed by atoms with Gasteiger partial charge in [-0.15, -0.1) is 0 Å². The van der Waals surface area contributed by atoms with Crippen molar-refractivity contribution in [3.8, 4) is 0 Å². The molecule has 0 atom stereocenters. The van der Waals surface area contributed by atoms with E-state index >= 15 is 0 Å². The molecular formula is C15H27BrN4. The van der Waals surface area contributed by atoms with E-state index in [1.54, 1.807) is 6.33 Å². The van der Waals surface area contributed by atoms with E-state index in [-0.39, 0.29) is 0 Å². The highest BCUT2D eigenvalue weighted by molar-refractivity contribution is 9.10. The maximum atomic E-state index is 4.27. The van der Waals surface area contributed by atoms with Crippen LogP contribution >= 0.6 is 15.9 Å². The van der Waals surface area contributed by atoms with Gasteiger partial charge >= 0.3 is 0 Å². The number of rotatable bonds is 10. The lowest BCUT2D eigenvalue weighted by Gasteiger charge is -2.10. The first-order valence-corrected chi connectivity index (χ1v) is 8.42. The molecule has 5 heteroatoms.